The van der Waals surface area contributed by atoms with Crippen LogP contribution in [0, 0.1) is 0 Å². The number of carboxylic acid groups (broad SMARTS) is 1. The number of carboxylic acids is 1. The summed E-state index contributed by atoms with van der Waals surface area (Å²) < 4.78 is 5.08. The van der Waals surface area contributed by atoms with Crippen molar-refractivity contribution < 1.29 is 19.4 Å². The first-order valence-electron chi connectivity index (χ1n) is 5.00. The quantitative estimate of drug-likeness (QED) is 0.637. The molecule has 0 radical (unpaired) electrons. The zero-order valence-corrected chi connectivity index (χ0v) is 9.95. The maximum absolute atomic E-state index is 11.5. The maximum atomic E-state index is 11.5. The standard InChI is InChI=1S/C11H19NO4/c1-5-6-8(10(14)15)12-9(13)7-11(2,3)16-4/h5,8H,1,6-7H2,2-4H3,(H,12,13)(H,14,15). The van der Waals surface area contributed by atoms with Gasteiger partial charge in [0.05, 0.1) is 12.0 Å². The van der Waals surface area contributed by atoms with E-state index >= 15 is 0 Å². The minimum Gasteiger partial charge on any atom is -0.480 e. The molecule has 0 aromatic carbocycles. The van der Waals surface area contributed by atoms with E-state index in [9.17, 15) is 9.59 Å². The number of hydrogen-bond acceptors (Lipinski definition) is 3. The van der Waals surface area contributed by atoms with Gasteiger partial charge >= 0.3 is 5.97 Å². The Kier molecular flexibility index (Phi) is 5.74. The van der Waals surface area contributed by atoms with Crippen LogP contribution in [0.3, 0.4) is 0 Å². The summed E-state index contributed by atoms with van der Waals surface area (Å²) >= 11 is 0. The Hall–Kier alpha value is -1.36. The molecular formula is C11H19NO4. The number of hydrogen-bond donors (Lipinski definition) is 2. The molecule has 0 bridgehead atoms. The normalized spacial score (nSPS) is 12.9. The van der Waals surface area contributed by atoms with Crippen LogP contribution >= 0.6 is 0 Å². The molecule has 0 saturated heterocycles. The maximum Gasteiger partial charge on any atom is 0.326 e. The van der Waals surface area contributed by atoms with E-state index in [0.717, 1.165) is 0 Å². The third-order valence-corrected chi connectivity index (χ3v) is 2.17. The Bertz CT molecular complexity index is 273. The monoisotopic (exact) mass is 229 g/mol. The number of ether oxygens (including phenoxy) is 1. The molecule has 5 nitrogen and oxygen atoms in total. The van der Waals surface area contributed by atoms with E-state index in [0.29, 0.717) is 0 Å². The van der Waals surface area contributed by atoms with Crippen molar-refractivity contribution in [2.24, 2.45) is 0 Å². The van der Waals surface area contributed by atoms with Crippen LogP contribution in [-0.2, 0) is 14.3 Å². The molecule has 0 aromatic heterocycles. The zero-order valence-electron chi connectivity index (χ0n) is 9.95. The van der Waals surface area contributed by atoms with Gasteiger partial charge in [-0.3, -0.25) is 4.79 Å². The van der Waals surface area contributed by atoms with Gasteiger partial charge in [0.25, 0.3) is 0 Å². The molecule has 0 heterocycles. The van der Waals surface area contributed by atoms with Gasteiger partial charge in [-0.15, -0.1) is 6.58 Å². The lowest BCUT2D eigenvalue weighted by atomic mass is 10.0. The lowest BCUT2D eigenvalue weighted by Gasteiger charge is -2.23. The van der Waals surface area contributed by atoms with Gasteiger partial charge in [-0.25, -0.2) is 4.79 Å². The molecule has 1 atom stereocenters. The van der Waals surface area contributed by atoms with E-state index in [1.165, 1.54) is 13.2 Å². The number of carbonyl (C=O) groups is 2. The second-order valence-corrected chi connectivity index (χ2v) is 4.12. The van der Waals surface area contributed by atoms with Gasteiger partial charge in [-0.05, 0) is 20.3 Å². The summed E-state index contributed by atoms with van der Waals surface area (Å²) in [4.78, 5) is 22.3. The third-order valence-electron chi connectivity index (χ3n) is 2.17. The Balaban J connectivity index is 4.30. The molecule has 16 heavy (non-hydrogen) atoms. The molecule has 92 valence electrons. The molecule has 1 unspecified atom stereocenters. The Morgan fingerprint density at radius 2 is 2.12 bits per heavy atom. The predicted octanol–water partition coefficient (Wildman–Crippen LogP) is 0.947. The SMILES string of the molecule is C=CCC(NC(=O)CC(C)(C)OC)C(=O)O. The van der Waals surface area contributed by atoms with Crippen LogP contribution in [0.1, 0.15) is 26.7 Å². The average Bonchev–Trinajstić information content (AvgIpc) is 2.16. The van der Waals surface area contributed by atoms with Crippen LogP contribution in [0.2, 0.25) is 0 Å². The van der Waals surface area contributed by atoms with Gasteiger partial charge in [0.15, 0.2) is 0 Å². The molecule has 0 saturated carbocycles. The van der Waals surface area contributed by atoms with Crippen LogP contribution in [0.15, 0.2) is 12.7 Å². The fraction of sp³-hybridized carbons (Fsp3) is 0.636. The molecule has 0 spiro atoms. The van der Waals surface area contributed by atoms with Crippen molar-refractivity contribution >= 4 is 11.9 Å². The van der Waals surface area contributed by atoms with E-state index in [-0.39, 0.29) is 18.7 Å². The second kappa shape index (κ2) is 6.27. The molecular weight excluding hydrogens is 210 g/mol. The van der Waals surface area contributed by atoms with Crippen LogP contribution in [0.4, 0.5) is 0 Å². The first-order chi connectivity index (χ1) is 7.32. The number of aliphatic carboxylic acids is 1. The first kappa shape index (κ1) is 14.6. The fourth-order valence-electron chi connectivity index (χ4n) is 1.09. The van der Waals surface area contributed by atoms with Crippen LogP contribution in [-0.4, -0.2) is 35.7 Å². The zero-order chi connectivity index (χ0) is 12.8. The highest BCUT2D eigenvalue weighted by Crippen LogP contribution is 2.12. The molecule has 2 N–H and O–H groups in total. The van der Waals surface area contributed by atoms with Gasteiger partial charge < -0.3 is 15.2 Å². The van der Waals surface area contributed by atoms with Crippen molar-refractivity contribution in [3.05, 3.63) is 12.7 Å². The minimum atomic E-state index is -1.07. The smallest absolute Gasteiger partial charge is 0.326 e. The molecule has 0 rings (SSSR count). The topological polar surface area (TPSA) is 75.6 Å². The van der Waals surface area contributed by atoms with Crippen molar-refractivity contribution in [3.63, 3.8) is 0 Å². The number of rotatable bonds is 7. The van der Waals surface area contributed by atoms with Crippen molar-refractivity contribution in [1.29, 1.82) is 0 Å². The van der Waals surface area contributed by atoms with E-state index in [4.69, 9.17) is 9.84 Å². The van der Waals surface area contributed by atoms with Crippen molar-refractivity contribution in [2.75, 3.05) is 7.11 Å². The van der Waals surface area contributed by atoms with Crippen LogP contribution in [0.25, 0.3) is 0 Å². The number of carbonyl (C=O) groups excluding carboxylic acids is 1. The molecule has 5 heteroatoms. The van der Waals surface area contributed by atoms with E-state index in [2.05, 4.69) is 11.9 Å². The Morgan fingerprint density at radius 3 is 2.50 bits per heavy atom. The average molecular weight is 229 g/mol. The number of nitrogens with one attached hydrogen (secondary N) is 1. The second-order valence-electron chi connectivity index (χ2n) is 4.12. The van der Waals surface area contributed by atoms with Crippen LogP contribution < -0.4 is 5.32 Å². The van der Waals surface area contributed by atoms with Crippen molar-refractivity contribution in [2.45, 2.75) is 38.3 Å². The largest absolute Gasteiger partial charge is 0.480 e. The molecule has 0 aliphatic rings. The molecule has 0 aliphatic heterocycles. The van der Waals surface area contributed by atoms with Gasteiger partial charge in [-0.2, -0.15) is 0 Å². The number of amides is 1. The summed E-state index contributed by atoms with van der Waals surface area (Å²) in [6.07, 6.45) is 1.78. The Morgan fingerprint density at radius 1 is 1.56 bits per heavy atom. The predicted molar refractivity (Wildman–Crippen MR) is 60.1 cm³/mol. The third kappa shape index (κ3) is 5.50. The first-order valence-corrected chi connectivity index (χ1v) is 5.00. The Labute approximate surface area is 95.5 Å². The lowest BCUT2D eigenvalue weighted by Crippen LogP contribution is -2.43. The van der Waals surface area contributed by atoms with Crippen molar-refractivity contribution in [1.82, 2.24) is 5.32 Å². The molecule has 0 aliphatic carbocycles. The van der Waals surface area contributed by atoms with Gasteiger partial charge in [-0.1, -0.05) is 6.08 Å². The molecule has 0 fully saturated rings. The summed E-state index contributed by atoms with van der Waals surface area (Å²) in [5.74, 6) is -1.41. The summed E-state index contributed by atoms with van der Waals surface area (Å²) in [5.41, 5.74) is -0.596. The highest BCUT2D eigenvalue weighted by atomic mass is 16.5. The summed E-state index contributed by atoms with van der Waals surface area (Å²) in [7, 11) is 1.51. The lowest BCUT2D eigenvalue weighted by molar-refractivity contribution is -0.142. The summed E-state index contributed by atoms with van der Waals surface area (Å²) in [5, 5.41) is 11.2. The molecule has 0 aromatic rings. The molecule has 1 amide bonds. The van der Waals surface area contributed by atoms with Gasteiger partial charge in [0, 0.05) is 7.11 Å². The highest BCUT2D eigenvalue weighted by Gasteiger charge is 2.24. The summed E-state index contributed by atoms with van der Waals surface area (Å²) in [6, 6.07) is -0.919. The highest BCUT2D eigenvalue weighted by molar-refractivity contribution is 5.84. The number of methoxy groups -OCH3 is 1. The fourth-order valence-corrected chi connectivity index (χ4v) is 1.09. The minimum absolute atomic E-state index is 0.115. The van der Waals surface area contributed by atoms with E-state index < -0.39 is 17.6 Å². The van der Waals surface area contributed by atoms with Gasteiger partial charge in [0.1, 0.15) is 6.04 Å². The van der Waals surface area contributed by atoms with Gasteiger partial charge in [0.2, 0.25) is 5.91 Å². The van der Waals surface area contributed by atoms with Crippen LogP contribution in [0.5, 0.6) is 0 Å². The summed E-state index contributed by atoms with van der Waals surface area (Å²) in [6.45, 7) is 6.96. The van der Waals surface area contributed by atoms with Crippen molar-refractivity contribution in [3.8, 4) is 0 Å². The van der Waals surface area contributed by atoms with E-state index in [1.807, 2.05) is 0 Å². The van der Waals surface area contributed by atoms with E-state index in [1.54, 1.807) is 13.8 Å².